The van der Waals surface area contributed by atoms with Gasteiger partial charge in [-0.15, -0.1) is 0 Å². The lowest BCUT2D eigenvalue weighted by Crippen LogP contribution is -2.15. The van der Waals surface area contributed by atoms with Crippen LogP contribution in [-0.4, -0.2) is 13.7 Å². The Balaban J connectivity index is 1.63. The largest absolute Gasteiger partial charge is 0.464 e. The van der Waals surface area contributed by atoms with Crippen LogP contribution in [-0.2, 0) is 28.4 Å². The second-order valence-electron chi connectivity index (χ2n) is 7.29. The van der Waals surface area contributed by atoms with Gasteiger partial charge in [0.05, 0.1) is 17.3 Å². The molecule has 0 bridgehead atoms. The number of sulfone groups is 1. The van der Waals surface area contributed by atoms with Gasteiger partial charge in [-0.05, 0) is 74.1 Å². The summed E-state index contributed by atoms with van der Waals surface area (Å²) < 4.78 is 29.5. The zero-order valence-corrected chi connectivity index (χ0v) is 16.9. The lowest BCUT2D eigenvalue weighted by atomic mass is 9.98. The van der Waals surface area contributed by atoms with Crippen LogP contribution in [0.4, 0.5) is 0 Å². The highest BCUT2D eigenvalue weighted by Crippen LogP contribution is 2.23. The van der Waals surface area contributed by atoms with Crippen LogP contribution in [0.25, 0.3) is 11.3 Å². The minimum atomic E-state index is -3.06. The van der Waals surface area contributed by atoms with Crippen molar-refractivity contribution >= 4 is 9.84 Å². The van der Waals surface area contributed by atoms with Gasteiger partial charge in [-0.25, -0.2) is 8.42 Å². The van der Waals surface area contributed by atoms with Crippen molar-refractivity contribution in [3.05, 3.63) is 83.1 Å². The molecule has 0 fully saturated rings. The molecule has 0 amide bonds. The molecule has 1 aromatic heterocycles. The van der Waals surface area contributed by atoms with E-state index >= 15 is 0 Å². The monoisotopic (exact) mass is 382 g/mol. The number of furan rings is 1. The fourth-order valence-corrected chi connectivity index (χ4v) is 4.04. The fourth-order valence-electron chi connectivity index (χ4n) is 3.05. The van der Waals surface area contributed by atoms with Gasteiger partial charge in [-0.1, -0.05) is 36.4 Å². The summed E-state index contributed by atoms with van der Waals surface area (Å²) in [7, 11) is -3.06. The van der Waals surface area contributed by atoms with E-state index in [1.807, 2.05) is 36.4 Å². The van der Waals surface area contributed by atoms with E-state index in [-0.39, 0.29) is 11.0 Å². The van der Waals surface area contributed by atoms with E-state index in [1.165, 1.54) is 16.7 Å². The molecule has 3 nitrogen and oxygen atoms in total. The third kappa shape index (κ3) is 4.89. The van der Waals surface area contributed by atoms with Gasteiger partial charge in [0.2, 0.25) is 0 Å². The highest BCUT2D eigenvalue weighted by molar-refractivity contribution is 7.91. The Morgan fingerprint density at radius 2 is 1.63 bits per heavy atom. The zero-order valence-electron chi connectivity index (χ0n) is 16.1. The first-order valence-corrected chi connectivity index (χ1v) is 11.0. The summed E-state index contributed by atoms with van der Waals surface area (Å²) >= 11 is 0. The highest BCUT2D eigenvalue weighted by atomic mass is 32.2. The summed E-state index contributed by atoms with van der Waals surface area (Å²) in [6.07, 6.45) is 3.57. The van der Waals surface area contributed by atoms with Crippen molar-refractivity contribution in [1.29, 1.82) is 0 Å². The molecule has 142 valence electrons. The molecule has 0 saturated heterocycles. The first-order valence-electron chi connectivity index (χ1n) is 9.28. The molecule has 0 aliphatic carbocycles. The van der Waals surface area contributed by atoms with E-state index in [9.17, 15) is 8.42 Å². The fraction of sp³-hybridized carbons (Fsp3) is 0.304. The Morgan fingerprint density at radius 1 is 0.926 bits per heavy atom. The van der Waals surface area contributed by atoms with Crippen LogP contribution < -0.4 is 0 Å². The van der Waals surface area contributed by atoms with Crippen molar-refractivity contribution in [2.24, 2.45) is 0 Å². The molecule has 1 heterocycles. The van der Waals surface area contributed by atoms with Crippen LogP contribution in [0.1, 0.15) is 36.1 Å². The quantitative estimate of drug-likeness (QED) is 0.552. The van der Waals surface area contributed by atoms with Crippen molar-refractivity contribution in [3.63, 3.8) is 0 Å². The van der Waals surface area contributed by atoms with E-state index < -0.39 is 9.84 Å². The van der Waals surface area contributed by atoms with Gasteiger partial charge in [0.15, 0.2) is 9.84 Å². The third-order valence-corrected chi connectivity index (χ3v) is 7.11. The molecule has 0 aliphatic heterocycles. The number of hydrogen-bond donors (Lipinski definition) is 0. The van der Waals surface area contributed by atoms with Crippen LogP contribution in [0.2, 0.25) is 0 Å². The minimum absolute atomic E-state index is 0.109. The molecular weight excluding hydrogens is 356 g/mol. The maximum absolute atomic E-state index is 12.0. The van der Waals surface area contributed by atoms with Gasteiger partial charge in [0.25, 0.3) is 0 Å². The van der Waals surface area contributed by atoms with E-state index in [4.69, 9.17) is 4.42 Å². The molecule has 3 aromatic rings. The van der Waals surface area contributed by atoms with Crippen LogP contribution >= 0.6 is 0 Å². The van der Waals surface area contributed by atoms with Gasteiger partial charge in [-0.2, -0.15) is 0 Å². The summed E-state index contributed by atoms with van der Waals surface area (Å²) in [6, 6.07) is 18.2. The van der Waals surface area contributed by atoms with Crippen molar-refractivity contribution in [2.45, 2.75) is 44.6 Å². The molecular formula is C23H26O3S. The molecule has 0 saturated carbocycles. The van der Waals surface area contributed by atoms with Gasteiger partial charge >= 0.3 is 0 Å². The van der Waals surface area contributed by atoms with Crippen LogP contribution in [0.3, 0.4) is 0 Å². The predicted molar refractivity (Wildman–Crippen MR) is 110 cm³/mol. The van der Waals surface area contributed by atoms with Gasteiger partial charge in [0, 0.05) is 5.56 Å². The van der Waals surface area contributed by atoms with Crippen molar-refractivity contribution in [1.82, 2.24) is 0 Å². The van der Waals surface area contributed by atoms with Crippen molar-refractivity contribution < 1.29 is 12.8 Å². The Hall–Kier alpha value is -2.33. The zero-order chi connectivity index (χ0) is 19.4. The van der Waals surface area contributed by atoms with E-state index in [0.29, 0.717) is 0 Å². The lowest BCUT2D eigenvalue weighted by Gasteiger charge is -2.10. The third-order valence-electron chi connectivity index (χ3n) is 4.94. The smallest absolute Gasteiger partial charge is 0.156 e. The summed E-state index contributed by atoms with van der Waals surface area (Å²) in [5.74, 6) is 0.995. The Labute approximate surface area is 162 Å². The van der Waals surface area contributed by atoms with E-state index in [1.54, 1.807) is 20.1 Å². The number of hydrogen-bond acceptors (Lipinski definition) is 3. The number of benzene rings is 2. The first kappa shape index (κ1) is 19.4. The molecule has 4 heteroatoms. The van der Waals surface area contributed by atoms with Crippen molar-refractivity contribution in [2.75, 3.05) is 0 Å². The molecule has 0 atom stereocenters. The number of rotatable bonds is 7. The standard InChI is InChI=1S/C23H26O3S/c1-17(2)27(24,25)16-20-8-6-19(7-9-20)10-11-21-12-13-22(15-18(21)3)23-5-4-14-26-23/h4-9,12-15,17H,10-11,16H2,1-3H3. The average Bonchev–Trinajstić information content (AvgIpc) is 3.16. The van der Waals surface area contributed by atoms with Crippen LogP contribution in [0.15, 0.2) is 65.3 Å². The van der Waals surface area contributed by atoms with Crippen LogP contribution in [0, 0.1) is 6.92 Å². The minimum Gasteiger partial charge on any atom is -0.464 e. The molecule has 0 radical (unpaired) electrons. The summed E-state index contributed by atoms with van der Waals surface area (Å²) in [4.78, 5) is 0. The molecule has 0 spiro atoms. The van der Waals surface area contributed by atoms with Crippen molar-refractivity contribution in [3.8, 4) is 11.3 Å². The summed E-state index contributed by atoms with van der Waals surface area (Å²) in [5, 5.41) is -0.343. The van der Waals surface area contributed by atoms with Crippen LogP contribution in [0.5, 0.6) is 0 Å². The molecule has 0 aliphatic rings. The topological polar surface area (TPSA) is 47.3 Å². The Kier molecular flexibility index (Phi) is 5.85. The van der Waals surface area contributed by atoms with Gasteiger partial charge in [0.1, 0.15) is 5.76 Å². The Morgan fingerprint density at radius 3 is 2.22 bits per heavy atom. The predicted octanol–water partition coefficient (Wildman–Crippen LogP) is 5.36. The maximum Gasteiger partial charge on any atom is 0.156 e. The highest BCUT2D eigenvalue weighted by Gasteiger charge is 2.16. The van der Waals surface area contributed by atoms with E-state index in [2.05, 4.69) is 25.1 Å². The normalized spacial score (nSPS) is 11.9. The summed E-state index contributed by atoms with van der Waals surface area (Å²) in [6.45, 7) is 5.58. The molecule has 0 unspecified atom stereocenters. The SMILES string of the molecule is Cc1cc(-c2ccco2)ccc1CCc1ccc(CS(=O)(=O)C(C)C)cc1. The average molecular weight is 383 g/mol. The van der Waals surface area contributed by atoms with E-state index in [0.717, 1.165) is 29.7 Å². The second-order valence-corrected chi connectivity index (χ2v) is 9.85. The molecule has 27 heavy (non-hydrogen) atoms. The first-order chi connectivity index (χ1) is 12.8. The molecule has 3 rings (SSSR count). The number of aryl methyl sites for hydroxylation is 3. The van der Waals surface area contributed by atoms with Gasteiger partial charge in [-0.3, -0.25) is 0 Å². The maximum atomic E-state index is 12.0. The molecule has 2 aromatic carbocycles. The molecule has 0 N–H and O–H groups in total. The summed E-state index contributed by atoms with van der Waals surface area (Å²) in [5.41, 5.74) is 5.74. The van der Waals surface area contributed by atoms with Gasteiger partial charge < -0.3 is 4.42 Å². The second kappa shape index (κ2) is 8.13. The lowest BCUT2D eigenvalue weighted by molar-refractivity contribution is 0.582. The Bertz CT molecular complexity index is 983.